The van der Waals surface area contributed by atoms with Gasteiger partial charge in [-0.1, -0.05) is 29.8 Å². The average Bonchev–Trinajstić information content (AvgIpc) is 2.40. The summed E-state index contributed by atoms with van der Waals surface area (Å²) in [7, 11) is 1.66. The van der Waals surface area contributed by atoms with Gasteiger partial charge in [-0.25, -0.2) is 0 Å². The number of anilines is 2. The zero-order valence-corrected chi connectivity index (χ0v) is 10.9. The number of methoxy groups -OCH3 is 1. The summed E-state index contributed by atoms with van der Waals surface area (Å²) in [6.45, 7) is 0.633. The minimum absolute atomic E-state index is 0.633. The normalized spacial score (nSPS) is 10.1. The fourth-order valence-electron chi connectivity index (χ4n) is 1.72. The maximum Gasteiger partial charge on any atom is 0.123 e. The molecule has 2 rings (SSSR count). The van der Waals surface area contributed by atoms with Gasteiger partial charge in [-0.15, -0.1) is 0 Å². The topological polar surface area (TPSA) is 47.3 Å². The molecule has 0 saturated carbocycles. The van der Waals surface area contributed by atoms with E-state index >= 15 is 0 Å². The molecule has 94 valence electrons. The highest BCUT2D eigenvalue weighted by atomic mass is 35.5. The summed E-state index contributed by atoms with van der Waals surface area (Å²) in [5.74, 6) is 0.852. The Bertz CT molecular complexity index is 543. The van der Waals surface area contributed by atoms with E-state index in [-0.39, 0.29) is 0 Å². The Morgan fingerprint density at radius 3 is 2.78 bits per heavy atom. The second-order valence-corrected chi connectivity index (χ2v) is 4.33. The monoisotopic (exact) mass is 262 g/mol. The van der Waals surface area contributed by atoms with E-state index in [9.17, 15) is 0 Å². The van der Waals surface area contributed by atoms with E-state index in [0.29, 0.717) is 17.3 Å². The largest absolute Gasteiger partial charge is 0.496 e. The highest BCUT2D eigenvalue weighted by Gasteiger charge is 2.03. The van der Waals surface area contributed by atoms with Crippen LogP contribution in [0.4, 0.5) is 11.4 Å². The van der Waals surface area contributed by atoms with Gasteiger partial charge in [0.2, 0.25) is 0 Å². The molecule has 0 aliphatic carbocycles. The van der Waals surface area contributed by atoms with E-state index in [1.807, 2.05) is 30.3 Å². The van der Waals surface area contributed by atoms with Crippen LogP contribution < -0.4 is 15.8 Å². The SMILES string of the molecule is COc1ccccc1CNc1cc(Cl)ccc1N. The lowest BCUT2D eigenvalue weighted by Gasteiger charge is -2.12. The second kappa shape index (κ2) is 5.65. The van der Waals surface area contributed by atoms with Gasteiger partial charge in [0.25, 0.3) is 0 Å². The Morgan fingerprint density at radius 1 is 1.22 bits per heavy atom. The van der Waals surface area contributed by atoms with Gasteiger partial charge < -0.3 is 15.8 Å². The Hall–Kier alpha value is -1.87. The number of nitrogens with two attached hydrogens (primary N) is 1. The predicted octanol–water partition coefficient (Wildman–Crippen LogP) is 3.54. The molecule has 0 radical (unpaired) electrons. The Balaban J connectivity index is 2.14. The van der Waals surface area contributed by atoms with Crippen LogP contribution in [0.25, 0.3) is 0 Å². The van der Waals surface area contributed by atoms with Crippen LogP contribution in [0, 0.1) is 0 Å². The van der Waals surface area contributed by atoms with Crippen LogP contribution in [0.3, 0.4) is 0 Å². The molecule has 3 nitrogen and oxygen atoms in total. The van der Waals surface area contributed by atoms with Crippen LogP contribution in [0.5, 0.6) is 5.75 Å². The van der Waals surface area contributed by atoms with Gasteiger partial charge in [0, 0.05) is 17.1 Å². The molecule has 0 atom stereocenters. The molecule has 0 heterocycles. The lowest BCUT2D eigenvalue weighted by atomic mass is 10.2. The summed E-state index contributed by atoms with van der Waals surface area (Å²) in [5, 5.41) is 3.91. The maximum atomic E-state index is 5.94. The van der Waals surface area contributed by atoms with E-state index in [2.05, 4.69) is 5.32 Å². The smallest absolute Gasteiger partial charge is 0.123 e. The lowest BCUT2D eigenvalue weighted by molar-refractivity contribution is 0.410. The van der Waals surface area contributed by atoms with E-state index in [1.165, 1.54) is 0 Å². The molecular weight excluding hydrogens is 248 g/mol. The predicted molar refractivity (Wildman–Crippen MR) is 76.2 cm³/mol. The number of ether oxygens (including phenoxy) is 1. The highest BCUT2D eigenvalue weighted by molar-refractivity contribution is 6.31. The summed E-state index contributed by atoms with van der Waals surface area (Å²) in [6.07, 6.45) is 0. The fraction of sp³-hybridized carbons (Fsp3) is 0.143. The van der Waals surface area contributed by atoms with Crippen LogP contribution in [0.1, 0.15) is 5.56 Å². The van der Waals surface area contributed by atoms with E-state index in [0.717, 1.165) is 17.0 Å². The standard InChI is InChI=1S/C14H15ClN2O/c1-18-14-5-3-2-4-10(14)9-17-13-8-11(15)6-7-12(13)16/h2-8,17H,9,16H2,1H3. The van der Waals surface area contributed by atoms with E-state index in [1.54, 1.807) is 19.2 Å². The maximum absolute atomic E-state index is 5.94. The lowest BCUT2D eigenvalue weighted by Crippen LogP contribution is -2.03. The number of hydrogen-bond donors (Lipinski definition) is 2. The third-order valence-electron chi connectivity index (χ3n) is 2.68. The zero-order chi connectivity index (χ0) is 13.0. The molecule has 0 unspecified atom stereocenters. The Labute approximate surface area is 112 Å². The molecular formula is C14H15ClN2O. The molecule has 0 amide bonds. The van der Waals surface area contributed by atoms with Crippen LogP contribution in [-0.4, -0.2) is 7.11 Å². The second-order valence-electron chi connectivity index (χ2n) is 3.90. The molecule has 0 fully saturated rings. The third kappa shape index (κ3) is 2.87. The number of nitrogens with one attached hydrogen (secondary N) is 1. The quantitative estimate of drug-likeness (QED) is 0.829. The van der Waals surface area contributed by atoms with Crippen LogP contribution in [0.15, 0.2) is 42.5 Å². The van der Waals surface area contributed by atoms with Crippen molar-refractivity contribution in [3.05, 3.63) is 53.1 Å². The van der Waals surface area contributed by atoms with Crippen molar-refractivity contribution in [1.29, 1.82) is 0 Å². The summed E-state index contributed by atoms with van der Waals surface area (Å²) >= 11 is 5.94. The number of para-hydroxylation sites is 1. The van der Waals surface area contributed by atoms with Crippen molar-refractivity contribution in [2.45, 2.75) is 6.54 Å². The van der Waals surface area contributed by atoms with Gasteiger partial charge in [-0.05, 0) is 24.3 Å². The molecule has 0 spiro atoms. The van der Waals surface area contributed by atoms with Gasteiger partial charge in [0.1, 0.15) is 5.75 Å². The van der Waals surface area contributed by atoms with Gasteiger partial charge in [-0.3, -0.25) is 0 Å². The molecule has 2 aromatic rings. The van der Waals surface area contributed by atoms with E-state index < -0.39 is 0 Å². The molecule has 18 heavy (non-hydrogen) atoms. The molecule has 0 bridgehead atoms. The fourth-order valence-corrected chi connectivity index (χ4v) is 1.89. The molecule has 0 aromatic heterocycles. The van der Waals surface area contributed by atoms with Crippen LogP contribution in [-0.2, 0) is 6.54 Å². The van der Waals surface area contributed by atoms with E-state index in [4.69, 9.17) is 22.1 Å². The molecule has 4 heteroatoms. The van der Waals surface area contributed by atoms with Gasteiger partial charge in [0.15, 0.2) is 0 Å². The van der Waals surface area contributed by atoms with Crippen molar-refractivity contribution in [2.75, 3.05) is 18.2 Å². The number of rotatable bonds is 4. The molecule has 0 aliphatic rings. The average molecular weight is 263 g/mol. The number of halogens is 1. The Kier molecular flexibility index (Phi) is 3.95. The van der Waals surface area contributed by atoms with Gasteiger partial charge in [-0.2, -0.15) is 0 Å². The first-order chi connectivity index (χ1) is 8.70. The van der Waals surface area contributed by atoms with Crippen molar-refractivity contribution in [2.24, 2.45) is 0 Å². The first-order valence-electron chi connectivity index (χ1n) is 5.61. The summed E-state index contributed by atoms with van der Waals surface area (Å²) in [6, 6.07) is 13.2. The van der Waals surface area contributed by atoms with Crippen molar-refractivity contribution in [3.63, 3.8) is 0 Å². The van der Waals surface area contributed by atoms with Gasteiger partial charge in [0.05, 0.1) is 18.5 Å². The minimum Gasteiger partial charge on any atom is -0.496 e. The number of benzene rings is 2. The first-order valence-corrected chi connectivity index (χ1v) is 5.99. The summed E-state index contributed by atoms with van der Waals surface area (Å²) < 4.78 is 5.29. The van der Waals surface area contributed by atoms with Gasteiger partial charge >= 0.3 is 0 Å². The zero-order valence-electron chi connectivity index (χ0n) is 10.1. The number of nitrogen functional groups attached to an aromatic ring is 1. The molecule has 0 aliphatic heterocycles. The molecule has 0 saturated heterocycles. The molecule has 3 N–H and O–H groups in total. The van der Waals surface area contributed by atoms with Crippen molar-refractivity contribution in [3.8, 4) is 5.75 Å². The third-order valence-corrected chi connectivity index (χ3v) is 2.91. The van der Waals surface area contributed by atoms with Crippen LogP contribution in [0.2, 0.25) is 5.02 Å². The first kappa shape index (κ1) is 12.6. The Morgan fingerprint density at radius 2 is 2.00 bits per heavy atom. The summed E-state index contributed by atoms with van der Waals surface area (Å²) in [4.78, 5) is 0. The number of hydrogen-bond acceptors (Lipinski definition) is 3. The summed E-state index contributed by atoms with van der Waals surface area (Å²) in [5.41, 5.74) is 8.44. The van der Waals surface area contributed by atoms with Crippen molar-refractivity contribution in [1.82, 2.24) is 0 Å². The minimum atomic E-state index is 0.633. The van der Waals surface area contributed by atoms with Crippen molar-refractivity contribution < 1.29 is 4.74 Å². The van der Waals surface area contributed by atoms with Crippen LogP contribution >= 0.6 is 11.6 Å². The van der Waals surface area contributed by atoms with Crippen molar-refractivity contribution >= 4 is 23.0 Å². The molecule has 2 aromatic carbocycles. The highest BCUT2D eigenvalue weighted by Crippen LogP contribution is 2.25.